The molecule has 0 atom stereocenters. The van der Waals surface area contributed by atoms with Gasteiger partial charge in [-0.3, -0.25) is 0 Å². The van der Waals surface area contributed by atoms with Crippen molar-refractivity contribution in [3.8, 4) is 50.2 Å². The van der Waals surface area contributed by atoms with Gasteiger partial charge >= 0.3 is 0 Å². The van der Waals surface area contributed by atoms with Crippen LogP contribution in [-0.2, 0) is 0 Å². The first-order chi connectivity index (χ1) is 28.6. The highest BCUT2D eigenvalue weighted by atomic mass is 15.1. The molecule has 2 heteroatoms. The summed E-state index contributed by atoms with van der Waals surface area (Å²) >= 11 is 0. The number of hydrogen-bond acceptors (Lipinski definition) is 1. The maximum absolute atomic E-state index is 2.48. The van der Waals surface area contributed by atoms with Crippen LogP contribution >= 0.6 is 0 Å². The Bertz CT molecular complexity index is 2930. The second-order valence-electron chi connectivity index (χ2n) is 15.2. The number of para-hydroxylation sites is 1. The molecular weight excluding hydrogens is 701 g/mol. The number of hydrogen-bond donors (Lipinski definition) is 0. The van der Waals surface area contributed by atoms with Crippen molar-refractivity contribution in [1.82, 2.24) is 4.57 Å². The largest absolute Gasteiger partial charge is 0.310 e. The molecule has 9 aromatic carbocycles. The van der Waals surface area contributed by atoms with Gasteiger partial charge in [0.15, 0.2) is 0 Å². The Morgan fingerprint density at radius 3 is 1.33 bits per heavy atom. The zero-order valence-corrected chi connectivity index (χ0v) is 32.7. The topological polar surface area (TPSA) is 8.17 Å². The average Bonchev–Trinajstić information content (AvgIpc) is 3.61. The Morgan fingerprint density at radius 2 is 0.759 bits per heavy atom. The summed E-state index contributed by atoms with van der Waals surface area (Å²) in [4.78, 5) is 2.38. The Hall–Kier alpha value is -7.42. The first-order valence-electron chi connectivity index (χ1n) is 20.0. The summed E-state index contributed by atoms with van der Waals surface area (Å²) in [5.41, 5.74) is 18.9. The summed E-state index contributed by atoms with van der Waals surface area (Å²) in [6, 6.07) is 79.4. The van der Waals surface area contributed by atoms with Gasteiger partial charge in [-0.15, -0.1) is 0 Å². The van der Waals surface area contributed by atoms with E-state index < -0.39 is 0 Å². The summed E-state index contributed by atoms with van der Waals surface area (Å²) < 4.78 is 2.48. The summed E-state index contributed by atoms with van der Waals surface area (Å²) in [5.74, 6) is 0. The van der Waals surface area contributed by atoms with Gasteiger partial charge in [0, 0.05) is 33.4 Å². The van der Waals surface area contributed by atoms with Crippen molar-refractivity contribution in [3.05, 3.63) is 230 Å². The zero-order chi connectivity index (χ0) is 39.0. The minimum atomic E-state index is 1.09. The molecule has 10 rings (SSSR count). The summed E-state index contributed by atoms with van der Waals surface area (Å²) in [6.07, 6.45) is 0. The van der Waals surface area contributed by atoms with Crippen molar-refractivity contribution < 1.29 is 0 Å². The maximum Gasteiger partial charge on any atom is 0.0562 e. The first kappa shape index (κ1) is 35.0. The number of aromatic nitrogens is 1. The van der Waals surface area contributed by atoms with Gasteiger partial charge in [0.2, 0.25) is 0 Å². The molecule has 0 unspecified atom stereocenters. The number of fused-ring (bicyclic) bond motifs is 3. The van der Waals surface area contributed by atoms with Crippen molar-refractivity contribution in [3.63, 3.8) is 0 Å². The Labute approximate surface area is 340 Å². The molecule has 0 aliphatic rings. The Morgan fingerprint density at radius 1 is 0.310 bits per heavy atom. The molecule has 0 N–H and O–H groups in total. The number of anilines is 3. The van der Waals surface area contributed by atoms with Gasteiger partial charge in [-0.05, 0) is 107 Å². The minimum absolute atomic E-state index is 1.09. The highest BCUT2D eigenvalue weighted by molar-refractivity contribution is 6.11. The fourth-order valence-corrected chi connectivity index (χ4v) is 8.57. The predicted octanol–water partition coefficient (Wildman–Crippen LogP) is 15.5. The van der Waals surface area contributed by atoms with E-state index in [2.05, 4.69) is 242 Å². The van der Waals surface area contributed by atoms with E-state index in [0.717, 1.165) is 28.3 Å². The van der Waals surface area contributed by atoms with E-state index in [4.69, 9.17) is 0 Å². The van der Waals surface area contributed by atoms with Crippen LogP contribution in [0.5, 0.6) is 0 Å². The highest BCUT2D eigenvalue weighted by Crippen LogP contribution is 2.43. The van der Waals surface area contributed by atoms with Crippen molar-refractivity contribution in [2.24, 2.45) is 0 Å². The van der Waals surface area contributed by atoms with Crippen molar-refractivity contribution in [2.45, 2.75) is 13.8 Å². The summed E-state index contributed by atoms with van der Waals surface area (Å²) in [7, 11) is 0. The lowest BCUT2D eigenvalue weighted by Gasteiger charge is -2.26. The van der Waals surface area contributed by atoms with E-state index in [-0.39, 0.29) is 0 Å². The van der Waals surface area contributed by atoms with E-state index in [0.29, 0.717) is 0 Å². The van der Waals surface area contributed by atoms with Gasteiger partial charge in [0.1, 0.15) is 0 Å². The predicted molar refractivity (Wildman–Crippen MR) is 247 cm³/mol. The number of nitrogens with zero attached hydrogens (tertiary/aromatic N) is 2. The van der Waals surface area contributed by atoms with Gasteiger partial charge < -0.3 is 9.47 Å². The molecule has 1 heterocycles. The van der Waals surface area contributed by atoms with Gasteiger partial charge in [0.05, 0.1) is 16.7 Å². The van der Waals surface area contributed by atoms with Crippen LogP contribution in [0.15, 0.2) is 218 Å². The molecule has 0 saturated carbocycles. The minimum Gasteiger partial charge on any atom is -0.310 e. The van der Waals surface area contributed by atoms with Crippen LogP contribution in [-0.4, -0.2) is 4.57 Å². The lowest BCUT2D eigenvalue weighted by molar-refractivity contribution is 1.18. The smallest absolute Gasteiger partial charge is 0.0562 e. The van der Waals surface area contributed by atoms with Gasteiger partial charge in [-0.25, -0.2) is 0 Å². The molecule has 0 amide bonds. The van der Waals surface area contributed by atoms with Gasteiger partial charge in [0.25, 0.3) is 0 Å². The fourth-order valence-electron chi connectivity index (χ4n) is 8.57. The quantitative estimate of drug-likeness (QED) is 0.150. The molecule has 0 aliphatic heterocycles. The lowest BCUT2D eigenvalue weighted by atomic mass is 9.95. The van der Waals surface area contributed by atoms with Crippen LogP contribution in [0, 0.1) is 13.8 Å². The number of rotatable bonds is 8. The monoisotopic (exact) mass is 742 g/mol. The van der Waals surface area contributed by atoms with Crippen LogP contribution < -0.4 is 4.90 Å². The number of aryl methyl sites for hydroxylation is 2. The van der Waals surface area contributed by atoms with Crippen LogP contribution in [0.2, 0.25) is 0 Å². The Balaban J connectivity index is 1.19. The van der Waals surface area contributed by atoms with Crippen LogP contribution in [0.3, 0.4) is 0 Å². The summed E-state index contributed by atoms with van der Waals surface area (Å²) in [5, 5.41) is 2.45. The molecular formula is C56H42N2. The molecule has 0 aliphatic carbocycles. The molecule has 0 spiro atoms. The molecule has 0 saturated heterocycles. The fraction of sp³-hybridized carbons (Fsp3) is 0.0357. The molecule has 1 aromatic heterocycles. The van der Waals surface area contributed by atoms with E-state index in [9.17, 15) is 0 Å². The molecule has 58 heavy (non-hydrogen) atoms. The molecule has 0 fully saturated rings. The average molecular weight is 743 g/mol. The third kappa shape index (κ3) is 6.55. The normalized spacial score (nSPS) is 11.3. The molecule has 0 bridgehead atoms. The zero-order valence-electron chi connectivity index (χ0n) is 32.7. The first-order valence-corrected chi connectivity index (χ1v) is 20.0. The molecule has 0 radical (unpaired) electrons. The third-order valence-electron chi connectivity index (χ3n) is 11.3. The molecule has 276 valence electrons. The molecule has 10 aromatic rings. The SMILES string of the molecule is Cc1cc(C)cc(-c2cc(-c3ccccc3)ccc2-n2c3ccccc3c3ccc(N(c4ccc(-c5ccccc5)cc4)c4ccc(-c5ccccc5)cc4)cc32)c1. The van der Waals surface area contributed by atoms with E-state index in [1.54, 1.807) is 0 Å². The maximum atomic E-state index is 2.48. The second-order valence-corrected chi connectivity index (χ2v) is 15.2. The van der Waals surface area contributed by atoms with E-state index >= 15 is 0 Å². The van der Waals surface area contributed by atoms with Gasteiger partial charge in [-0.2, -0.15) is 0 Å². The highest BCUT2D eigenvalue weighted by Gasteiger charge is 2.20. The van der Waals surface area contributed by atoms with Crippen molar-refractivity contribution >= 4 is 38.9 Å². The number of benzene rings is 9. The lowest BCUT2D eigenvalue weighted by Crippen LogP contribution is -2.10. The second kappa shape index (κ2) is 14.9. The van der Waals surface area contributed by atoms with E-state index in [1.165, 1.54) is 71.9 Å². The van der Waals surface area contributed by atoms with Crippen LogP contribution in [0.25, 0.3) is 72.0 Å². The van der Waals surface area contributed by atoms with Crippen LogP contribution in [0.1, 0.15) is 11.1 Å². The molecule has 2 nitrogen and oxygen atoms in total. The van der Waals surface area contributed by atoms with Crippen LogP contribution in [0.4, 0.5) is 17.1 Å². The third-order valence-corrected chi connectivity index (χ3v) is 11.3. The standard InChI is InChI=1S/C56H42N2/c1-39-34-40(2)36-47(35-39)53-37-46(43-18-10-5-11-19-43)26-33-55(53)58-54-21-13-12-20-51(54)52-32-31-50(38-56(52)58)57(48-27-22-44(23-28-48)41-14-6-3-7-15-41)49-29-24-45(25-30-49)42-16-8-4-9-17-42/h3-38H,1-2H3. The van der Waals surface area contributed by atoms with Crippen molar-refractivity contribution in [2.75, 3.05) is 4.90 Å². The Kier molecular flexibility index (Phi) is 9.01. The van der Waals surface area contributed by atoms with Gasteiger partial charge in [-0.1, -0.05) is 175 Å². The van der Waals surface area contributed by atoms with E-state index in [1.807, 2.05) is 0 Å². The van der Waals surface area contributed by atoms with Crippen molar-refractivity contribution in [1.29, 1.82) is 0 Å². The summed E-state index contributed by atoms with van der Waals surface area (Å²) in [6.45, 7) is 4.38.